The van der Waals surface area contributed by atoms with Crippen molar-refractivity contribution in [3.05, 3.63) is 10.3 Å². The zero-order valence-corrected chi connectivity index (χ0v) is 8.75. The van der Waals surface area contributed by atoms with Gasteiger partial charge in [0.2, 0.25) is 4.47 Å². The molecule has 1 aliphatic rings. The Kier molecular flexibility index (Phi) is 2.56. The zero-order valence-electron chi connectivity index (χ0n) is 7.18. The molecule has 0 radical (unpaired) electrons. The number of nitrogens with zero attached hydrogens (tertiary/aromatic N) is 3. The largest absolute Gasteiger partial charge is 0.465 e. The van der Waals surface area contributed by atoms with Crippen LogP contribution in [0.5, 0.6) is 0 Å². The quantitative estimate of drug-likeness (QED) is 0.806. The third kappa shape index (κ3) is 1.67. The minimum Gasteiger partial charge on any atom is -0.465 e. The van der Waals surface area contributed by atoms with Gasteiger partial charge in [0.15, 0.2) is 5.82 Å². The van der Waals surface area contributed by atoms with Crippen LogP contribution in [0.25, 0.3) is 0 Å². The number of likely N-dealkylation sites (tertiary alicyclic amines) is 1. The Balaban J connectivity index is 2.21. The fourth-order valence-corrected chi connectivity index (χ4v) is 2.27. The number of amides is 1. The van der Waals surface area contributed by atoms with Gasteiger partial charge in [0.25, 0.3) is 0 Å². The van der Waals surface area contributed by atoms with Gasteiger partial charge >= 0.3 is 6.09 Å². The van der Waals surface area contributed by atoms with E-state index in [1.54, 1.807) is 0 Å². The van der Waals surface area contributed by atoms with Crippen LogP contribution in [0.2, 0.25) is 4.47 Å². The SMILES string of the molecule is O=C(O)N1CCC[C@H]1c1nsc(Cl)n1. The number of carboxylic acid groups (broad SMARTS) is 1. The van der Waals surface area contributed by atoms with Gasteiger partial charge < -0.3 is 5.11 Å². The van der Waals surface area contributed by atoms with Crippen molar-refractivity contribution in [3.8, 4) is 0 Å². The molecule has 0 aromatic carbocycles. The molecule has 7 heteroatoms. The van der Waals surface area contributed by atoms with E-state index in [2.05, 4.69) is 9.36 Å². The summed E-state index contributed by atoms with van der Waals surface area (Å²) in [6, 6.07) is -0.212. The van der Waals surface area contributed by atoms with E-state index in [0.717, 1.165) is 24.4 Å². The molecule has 1 N–H and O–H groups in total. The molecule has 1 fully saturated rings. The summed E-state index contributed by atoms with van der Waals surface area (Å²) in [7, 11) is 0. The van der Waals surface area contributed by atoms with Gasteiger partial charge in [-0.1, -0.05) is 0 Å². The summed E-state index contributed by atoms with van der Waals surface area (Å²) < 4.78 is 4.38. The molecule has 1 amide bonds. The molecule has 2 rings (SSSR count). The van der Waals surface area contributed by atoms with Crippen LogP contribution in [0.3, 0.4) is 0 Å². The third-order valence-electron chi connectivity index (χ3n) is 2.21. The average Bonchev–Trinajstić information content (AvgIpc) is 2.70. The Labute approximate surface area is 89.5 Å². The van der Waals surface area contributed by atoms with Crippen LogP contribution >= 0.6 is 23.1 Å². The molecule has 0 saturated carbocycles. The smallest absolute Gasteiger partial charge is 0.407 e. The lowest BCUT2D eigenvalue weighted by Gasteiger charge is -2.18. The zero-order chi connectivity index (χ0) is 10.1. The van der Waals surface area contributed by atoms with Crippen LogP contribution in [-0.2, 0) is 0 Å². The minimum absolute atomic E-state index is 0.212. The molecular weight excluding hydrogens is 226 g/mol. The maximum absolute atomic E-state index is 10.8. The summed E-state index contributed by atoms with van der Waals surface area (Å²) in [6.07, 6.45) is 0.714. The van der Waals surface area contributed by atoms with Crippen molar-refractivity contribution in [3.63, 3.8) is 0 Å². The Morgan fingerprint density at radius 3 is 3.07 bits per heavy atom. The second kappa shape index (κ2) is 3.70. The van der Waals surface area contributed by atoms with E-state index in [1.165, 1.54) is 4.90 Å². The normalized spacial score (nSPS) is 21.5. The second-order valence-corrected chi connectivity index (χ2v) is 4.37. The molecule has 5 nitrogen and oxygen atoms in total. The van der Waals surface area contributed by atoms with Crippen molar-refractivity contribution >= 4 is 29.2 Å². The van der Waals surface area contributed by atoms with Crippen LogP contribution in [0.1, 0.15) is 24.7 Å². The summed E-state index contributed by atoms with van der Waals surface area (Å²) in [5.41, 5.74) is 0. The molecule has 1 aromatic heterocycles. The first-order valence-electron chi connectivity index (χ1n) is 4.17. The van der Waals surface area contributed by atoms with E-state index in [-0.39, 0.29) is 6.04 Å². The lowest BCUT2D eigenvalue weighted by Crippen LogP contribution is -2.29. The molecule has 1 atom stereocenters. The molecule has 1 aliphatic heterocycles. The standard InChI is InChI=1S/C7H8ClN3O2S/c8-6-9-5(10-14-6)4-2-1-3-11(4)7(12)13/h4H,1-3H2,(H,12,13)/t4-/m0/s1. The van der Waals surface area contributed by atoms with Crippen LogP contribution in [0, 0.1) is 0 Å². The predicted octanol–water partition coefficient (Wildman–Crippen LogP) is 2.01. The van der Waals surface area contributed by atoms with Crippen LogP contribution in [0.15, 0.2) is 0 Å². The molecule has 0 spiro atoms. The molecule has 0 aliphatic carbocycles. The second-order valence-electron chi connectivity index (χ2n) is 3.04. The summed E-state index contributed by atoms with van der Waals surface area (Å²) in [5, 5.41) is 8.89. The van der Waals surface area contributed by atoms with Crippen LogP contribution in [0.4, 0.5) is 4.79 Å². The average molecular weight is 234 g/mol. The van der Waals surface area contributed by atoms with Gasteiger partial charge in [-0.25, -0.2) is 9.78 Å². The maximum atomic E-state index is 10.8. The van der Waals surface area contributed by atoms with Crippen molar-refractivity contribution in [1.82, 2.24) is 14.3 Å². The van der Waals surface area contributed by atoms with Gasteiger partial charge in [-0.05, 0) is 36.0 Å². The lowest BCUT2D eigenvalue weighted by atomic mass is 10.2. The fourth-order valence-electron chi connectivity index (χ4n) is 1.61. The molecule has 0 unspecified atom stereocenters. The van der Waals surface area contributed by atoms with Crippen molar-refractivity contribution in [2.75, 3.05) is 6.54 Å². The lowest BCUT2D eigenvalue weighted by molar-refractivity contribution is 0.139. The molecule has 0 bridgehead atoms. The van der Waals surface area contributed by atoms with Gasteiger partial charge in [0.05, 0.1) is 6.04 Å². The van der Waals surface area contributed by atoms with E-state index in [4.69, 9.17) is 16.7 Å². The van der Waals surface area contributed by atoms with Crippen molar-refractivity contribution in [1.29, 1.82) is 0 Å². The number of carbonyl (C=O) groups is 1. The van der Waals surface area contributed by atoms with E-state index >= 15 is 0 Å². The molecule has 2 heterocycles. The highest BCUT2D eigenvalue weighted by molar-refractivity contribution is 7.10. The highest BCUT2D eigenvalue weighted by Crippen LogP contribution is 2.31. The summed E-state index contributed by atoms with van der Waals surface area (Å²) in [4.78, 5) is 16.2. The van der Waals surface area contributed by atoms with Gasteiger partial charge in [-0.3, -0.25) is 4.90 Å². The maximum Gasteiger partial charge on any atom is 0.407 e. The van der Waals surface area contributed by atoms with Gasteiger partial charge in [-0.15, -0.1) is 0 Å². The van der Waals surface area contributed by atoms with Crippen molar-refractivity contribution in [2.24, 2.45) is 0 Å². The van der Waals surface area contributed by atoms with E-state index in [9.17, 15) is 4.79 Å². The Bertz CT molecular complexity index is 356. The Morgan fingerprint density at radius 1 is 1.71 bits per heavy atom. The number of hydrogen-bond acceptors (Lipinski definition) is 4. The number of hydrogen-bond donors (Lipinski definition) is 1. The van der Waals surface area contributed by atoms with Crippen molar-refractivity contribution < 1.29 is 9.90 Å². The van der Waals surface area contributed by atoms with Crippen LogP contribution < -0.4 is 0 Å². The Morgan fingerprint density at radius 2 is 2.50 bits per heavy atom. The van der Waals surface area contributed by atoms with E-state index in [0.29, 0.717) is 16.8 Å². The van der Waals surface area contributed by atoms with Crippen LogP contribution in [-0.4, -0.2) is 32.0 Å². The highest BCUT2D eigenvalue weighted by Gasteiger charge is 2.32. The van der Waals surface area contributed by atoms with E-state index in [1.807, 2.05) is 0 Å². The topological polar surface area (TPSA) is 66.3 Å². The number of rotatable bonds is 1. The predicted molar refractivity (Wildman–Crippen MR) is 51.6 cm³/mol. The summed E-state index contributed by atoms with van der Waals surface area (Å²) in [6.45, 7) is 0.552. The first kappa shape index (κ1) is 9.67. The first-order chi connectivity index (χ1) is 6.68. The molecule has 76 valence electrons. The minimum atomic E-state index is -0.918. The first-order valence-corrected chi connectivity index (χ1v) is 5.32. The third-order valence-corrected chi connectivity index (χ3v) is 3.03. The van der Waals surface area contributed by atoms with Gasteiger partial charge in [0.1, 0.15) is 0 Å². The molecular formula is C7H8ClN3O2S. The number of aromatic nitrogens is 2. The highest BCUT2D eigenvalue weighted by atomic mass is 35.5. The monoisotopic (exact) mass is 233 g/mol. The molecule has 1 saturated heterocycles. The number of halogens is 1. The summed E-state index contributed by atoms with van der Waals surface area (Å²) >= 11 is 6.73. The van der Waals surface area contributed by atoms with Gasteiger partial charge in [0, 0.05) is 6.54 Å². The van der Waals surface area contributed by atoms with Gasteiger partial charge in [-0.2, -0.15) is 4.37 Å². The summed E-state index contributed by atoms with van der Waals surface area (Å²) in [5.74, 6) is 0.528. The molecule has 1 aromatic rings. The fraction of sp³-hybridized carbons (Fsp3) is 0.571. The molecule has 14 heavy (non-hydrogen) atoms. The van der Waals surface area contributed by atoms with Crippen molar-refractivity contribution in [2.45, 2.75) is 18.9 Å². The van der Waals surface area contributed by atoms with E-state index < -0.39 is 6.09 Å². The Hall–Kier alpha value is -0.880.